The summed E-state index contributed by atoms with van der Waals surface area (Å²) in [6.07, 6.45) is 3.49. The Bertz CT molecular complexity index is 1890. The van der Waals surface area contributed by atoms with Crippen molar-refractivity contribution in [1.29, 1.82) is 0 Å². The number of sulfonamides is 1. The molecular formula is C29H27N7O2S. The Labute approximate surface area is 226 Å². The van der Waals surface area contributed by atoms with Crippen LogP contribution in [0.25, 0.3) is 38.8 Å². The molecule has 0 atom stereocenters. The van der Waals surface area contributed by atoms with Crippen LogP contribution < -0.4 is 10.5 Å². The fourth-order valence-electron chi connectivity index (χ4n) is 4.67. The molecule has 0 unspecified atom stereocenters. The van der Waals surface area contributed by atoms with E-state index in [9.17, 15) is 8.42 Å². The molecule has 3 N–H and O–H groups in total. The molecule has 0 spiro atoms. The van der Waals surface area contributed by atoms with Crippen LogP contribution in [0.3, 0.4) is 0 Å². The molecule has 0 fully saturated rings. The first-order valence-corrected chi connectivity index (χ1v) is 14.3. The minimum Gasteiger partial charge on any atom is -0.382 e. The molecule has 6 rings (SSSR count). The summed E-state index contributed by atoms with van der Waals surface area (Å²) in [7, 11) is -3.26. The van der Waals surface area contributed by atoms with Crippen molar-refractivity contribution in [2.24, 2.45) is 0 Å². The minimum atomic E-state index is -3.26. The molecule has 0 aliphatic rings. The van der Waals surface area contributed by atoms with Gasteiger partial charge < -0.3 is 5.73 Å². The number of hydrogen-bond donors (Lipinski definition) is 2. The van der Waals surface area contributed by atoms with Gasteiger partial charge in [-0.1, -0.05) is 66.7 Å². The molecule has 196 valence electrons. The number of fused-ring (bicyclic) bond motifs is 2. The van der Waals surface area contributed by atoms with E-state index in [2.05, 4.69) is 57.4 Å². The first-order valence-electron chi connectivity index (χ1n) is 12.6. The van der Waals surface area contributed by atoms with Gasteiger partial charge in [0, 0.05) is 29.3 Å². The summed E-state index contributed by atoms with van der Waals surface area (Å²) < 4.78 is 29.9. The van der Waals surface area contributed by atoms with Crippen LogP contribution in [0.15, 0.2) is 91.4 Å². The highest BCUT2D eigenvalue weighted by Gasteiger charge is 2.17. The van der Waals surface area contributed by atoms with E-state index < -0.39 is 10.0 Å². The minimum absolute atomic E-state index is 0.0458. The van der Waals surface area contributed by atoms with Gasteiger partial charge in [0.05, 0.1) is 23.5 Å². The third-order valence-corrected chi connectivity index (χ3v) is 8.11. The van der Waals surface area contributed by atoms with Gasteiger partial charge in [0.2, 0.25) is 10.0 Å². The summed E-state index contributed by atoms with van der Waals surface area (Å²) in [4.78, 5) is 4.24. The number of nitrogens with one attached hydrogen (secondary N) is 1. The lowest BCUT2D eigenvalue weighted by Gasteiger charge is -2.06. The summed E-state index contributed by atoms with van der Waals surface area (Å²) >= 11 is 0. The smallest absolute Gasteiger partial charge is 0.211 e. The molecular weight excluding hydrogens is 510 g/mol. The highest BCUT2D eigenvalue weighted by atomic mass is 32.2. The first-order chi connectivity index (χ1) is 18.9. The number of anilines is 1. The van der Waals surface area contributed by atoms with Gasteiger partial charge >= 0.3 is 0 Å². The molecule has 3 aromatic carbocycles. The predicted octanol–water partition coefficient (Wildman–Crippen LogP) is 4.48. The van der Waals surface area contributed by atoms with Crippen molar-refractivity contribution in [2.75, 3.05) is 11.5 Å². The number of nitrogens with two attached hydrogens (primary N) is 1. The maximum atomic E-state index is 11.8. The molecule has 6 aromatic rings. The molecule has 0 saturated carbocycles. The van der Waals surface area contributed by atoms with Crippen LogP contribution in [0.2, 0.25) is 0 Å². The molecule has 3 aromatic heterocycles. The molecule has 0 aliphatic carbocycles. The van der Waals surface area contributed by atoms with Crippen molar-refractivity contribution in [3.63, 3.8) is 0 Å². The van der Waals surface area contributed by atoms with E-state index in [1.165, 1.54) is 11.9 Å². The Hall–Kier alpha value is -4.54. The van der Waals surface area contributed by atoms with Crippen LogP contribution in [-0.2, 0) is 23.1 Å². The van der Waals surface area contributed by atoms with Crippen LogP contribution in [0, 0.1) is 0 Å². The van der Waals surface area contributed by atoms with Crippen molar-refractivity contribution < 1.29 is 8.42 Å². The number of nitrogens with zero attached hydrogens (tertiary/aromatic N) is 5. The predicted molar refractivity (Wildman–Crippen MR) is 153 cm³/mol. The molecule has 0 aliphatic heterocycles. The second kappa shape index (κ2) is 9.97. The van der Waals surface area contributed by atoms with Gasteiger partial charge in [-0.05, 0) is 35.7 Å². The maximum Gasteiger partial charge on any atom is 0.211 e. The summed E-state index contributed by atoms with van der Waals surface area (Å²) in [6, 6.07) is 26.2. The lowest BCUT2D eigenvalue weighted by molar-refractivity contribution is 0.582. The van der Waals surface area contributed by atoms with E-state index in [-0.39, 0.29) is 12.3 Å². The first kappa shape index (κ1) is 24.8. The van der Waals surface area contributed by atoms with E-state index in [1.54, 1.807) is 11.4 Å². The number of rotatable bonds is 8. The van der Waals surface area contributed by atoms with Crippen LogP contribution in [0.1, 0.15) is 18.1 Å². The summed E-state index contributed by atoms with van der Waals surface area (Å²) in [6.45, 7) is 2.55. The number of nitrogen functional groups attached to an aromatic ring is 1. The van der Waals surface area contributed by atoms with Crippen LogP contribution in [0.4, 0.5) is 5.82 Å². The lowest BCUT2D eigenvalue weighted by Crippen LogP contribution is -2.24. The van der Waals surface area contributed by atoms with Crippen molar-refractivity contribution in [1.82, 2.24) is 29.1 Å². The van der Waals surface area contributed by atoms with Gasteiger partial charge in [0.15, 0.2) is 5.82 Å². The fraction of sp³-hybridized carbons (Fsp3) is 0.138. The molecule has 0 bridgehead atoms. The Kier molecular flexibility index (Phi) is 6.34. The van der Waals surface area contributed by atoms with Gasteiger partial charge in [-0.25, -0.2) is 22.6 Å². The average Bonchev–Trinajstić information content (AvgIpc) is 3.54. The van der Waals surface area contributed by atoms with Gasteiger partial charge in [0.25, 0.3) is 0 Å². The van der Waals surface area contributed by atoms with E-state index in [1.807, 2.05) is 47.1 Å². The standard InChI is InChI=1S/C29H27N7O2S/c1-2-39(37,38)33-16-20-8-10-22(11-9-20)27-15-25(28-29(30)31-19-32-36(27)28)23-12-13-24-18-35(34-26(24)14-23)17-21-6-4-3-5-7-21/h3-15,18-19,33H,2,16-17H2,1H3,(H2,30,31,32). The maximum absolute atomic E-state index is 11.8. The second-order valence-corrected chi connectivity index (χ2v) is 11.5. The number of benzene rings is 3. The van der Waals surface area contributed by atoms with Crippen LogP contribution in [-0.4, -0.2) is 38.5 Å². The summed E-state index contributed by atoms with van der Waals surface area (Å²) in [5.41, 5.74) is 13.6. The van der Waals surface area contributed by atoms with E-state index >= 15 is 0 Å². The molecule has 0 saturated heterocycles. The molecule has 39 heavy (non-hydrogen) atoms. The van der Waals surface area contributed by atoms with Gasteiger partial charge in [-0.2, -0.15) is 10.2 Å². The quantitative estimate of drug-likeness (QED) is 0.295. The highest BCUT2D eigenvalue weighted by Crippen LogP contribution is 2.35. The Morgan fingerprint density at radius 2 is 1.69 bits per heavy atom. The highest BCUT2D eigenvalue weighted by molar-refractivity contribution is 7.89. The average molecular weight is 538 g/mol. The fourth-order valence-corrected chi connectivity index (χ4v) is 5.26. The Morgan fingerprint density at radius 1 is 0.923 bits per heavy atom. The second-order valence-electron chi connectivity index (χ2n) is 9.36. The van der Waals surface area contributed by atoms with Gasteiger partial charge in [-0.15, -0.1) is 0 Å². The van der Waals surface area contributed by atoms with Crippen molar-refractivity contribution in [2.45, 2.75) is 20.0 Å². The van der Waals surface area contributed by atoms with E-state index in [0.717, 1.165) is 44.4 Å². The van der Waals surface area contributed by atoms with Crippen molar-refractivity contribution in [3.05, 3.63) is 103 Å². The zero-order chi connectivity index (χ0) is 27.0. The Morgan fingerprint density at radius 3 is 2.46 bits per heavy atom. The SMILES string of the molecule is CCS(=O)(=O)NCc1ccc(-c2cc(-c3ccc4cn(Cc5ccccc5)nc4c3)c3c(N)ncnn23)cc1. The number of hydrogen-bond acceptors (Lipinski definition) is 6. The zero-order valence-corrected chi connectivity index (χ0v) is 22.1. The molecule has 9 nitrogen and oxygen atoms in total. The monoisotopic (exact) mass is 537 g/mol. The van der Waals surface area contributed by atoms with Crippen LogP contribution >= 0.6 is 0 Å². The van der Waals surface area contributed by atoms with E-state index in [0.29, 0.717) is 12.4 Å². The van der Waals surface area contributed by atoms with Crippen LogP contribution in [0.5, 0.6) is 0 Å². The topological polar surface area (TPSA) is 120 Å². The molecule has 0 radical (unpaired) electrons. The zero-order valence-electron chi connectivity index (χ0n) is 21.3. The summed E-state index contributed by atoms with van der Waals surface area (Å²) in [5.74, 6) is 0.427. The van der Waals surface area contributed by atoms with Gasteiger partial charge in [0.1, 0.15) is 11.8 Å². The third-order valence-electron chi connectivity index (χ3n) is 6.76. The lowest BCUT2D eigenvalue weighted by atomic mass is 10.0. The number of aromatic nitrogens is 5. The third kappa shape index (κ3) is 4.99. The molecule has 3 heterocycles. The normalized spacial score (nSPS) is 11.9. The van der Waals surface area contributed by atoms with E-state index in [4.69, 9.17) is 10.8 Å². The molecule has 0 amide bonds. The molecule has 10 heteroatoms. The van der Waals surface area contributed by atoms with Crippen molar-refractivity contribution >= 4 is 32.3 Å². The largest absolute Gasteiger partial charge is 0.382 e. The van der Waals surface area contributed by atoms with Gasteiger partial charge in [-0.3, -0.25) is 4.68 Å². The van der Waals surface area contributed by atoms with Crippen molar-refractivity contribution in [3.8, 4) is 22.4 Å². The Balaban J connectivity index is 1.36. The summed E-state index contributed by atoms with van der Waals surface area (Å²) in [5, 5.41) is 10.4.